The van der Waals surface area contributed by atoms with Crippen LogP contribution in [0.1, 0.15) is 53.5 Å². The molecule has 0 aliphatic heterocycles. The van der Waals surface area contributed by atoms with E-state index in [0.29, 0.717) is 19.4 Å². The van der Waals surface area contributed by atoms with Gasteiger partial charge in [0.1, 0.15) is 5.69 Å². The third-order valence-electron chi connectivity index (χ3n) is 5.11. The van der Waals surface area contributed by atoms with E-state index in [9.17, 15) is 9.59 Å². The second-order valence-corrected chi connectivity index (χ2v) is 7.03. The lowest BCUT2D eigenvalue weighted by Gasteiger charge is -2.24. The summed E-state index contributed by atoms with van der Waals surface area (Å²) in [5.41, 5.74) is 3.86. The summed E-state index contributed by atoms with van der Waals surface area (Å²) in [6.45, 7) is 0.422. The molecule has 0 saturated carbocycles. The molecule has 144 valence electrons. The van der Waals surface area contributed by atoms with Crippen LogP contribution in [0.5, 0.6) is 0 Å². The van der Waals surface area contributed by atoms with Gasteiger partial charge in [0, 0.05) is 42.0 Å². The van der Waals surface area contributed by atoms with Gasteiger partial charge in [0.2, 0.25) is 5.91 Å². The van der Waals surface area contributed by atoms with Gasteiger partial charge >= 0.3 is 0 Å². The van der Waals surface area contributed by atoms with Crippen LogP contribution < -0.4 is 10.6 Å². The Morgan fingerprint density at radius 3 is 2.96 bits per heavy atom. The normalized spacial score (nSPS) is 15.8. The Morgan fingerprint density at radius 2 is 2.11 bits per heavy atom. The number of carbonyl (C=O) groups excluding carboxylic acids is 2. The summed E-state index contributed by atoms with van der Waals surface area (Å²) in [7, 11) is 0. The molecule has 1 aliphatic carbocycles. The fourth-order valence-corrected chi connectivity index (χ4v) is 3.78. The number of aryl methyl sites for hydroxylation is 1. The Hall–Kier alpha value is -3.22. The lowest BCUT2D eigenvalue weighted by atomic mass is 9.91. The summed E-state index contributed by atoms with van der Waals surface area (Å²) in [6, 6.07) is 8.31. The summed E-state index contributed by atoms with van der Waals surface area (Å²) < 4.78 is 0. The molecule has 2 amide bonds. The fourth-order valence-electron chi connectivity index (χ4n) is 3.78. The Kier molecular flexibility index (Phi) is 5.32. The zero-order valence-corrected chi connectivity index (χ0v) is 15.6. The van der Waals surface area contributed by atoms with Gasteiger partial charge in [-0.1, -0.05) is 18.2 Å². The number of fused-ring (bicyclic) bond motifs is 3. The second kappa shape index (κ2) is 8.21. The van der Waals surface area contributed by atoms with Gasteiger partial charge in [-0.15, -0.1) is 0 Å². The van der Waals surface area contributed by atoms with Crippen molar-refractivity contribution in [3.8, 4) is 0 Å². The molecule has 3 N–H and O–H groups in total. The molecule has 2 aromatic heterocycles. The Morgan fingerprint density at radius 1 is 1.21 bits per heavy atom. The quantitative estimate of drug-likeness (QED) is 0.575. The van der Waals surface area contributed by atoms with Crippen molar-refractivity contribution >= 4 is 22.7 Å². The molecule has 0 unspecified atom stereocenters. The van der Waals surface area contributed by atoms with Crippen molar-refractivity contribution in [3.63, 3.8) is 0 Å². The van der Waals surface area contributed by atoms with Crippen molar-refractivity contribution in [3.05, 3.63) is 59.8 Å². The maximum atomic E-state index is 12.4. The Balaban J connectivity index is 1.29. The number of rotatable bonds is 6. The van der Waals surface area contributed by atoms with Crippen molar-refractivity contribution in [2.75, 3.05) is 6.54 Å². The number of para-hydroxylation sites is 1. The van der Waals surface area contributed by atoms with E-state index in [1.807, 2.05) is 12.1 Å². The molecule has 0 radical (unpaired) electrons. The van der Waals surface area contributed by atoms with Crippen molar-refractivity contribution in [1.82, 2.24) is 25.6 Å². The summed E-state index contributed by atoms with van der Waals surface area (Å²) in [5.74, 6) is -0.270. The van der Waals surface area contributed by atoms with E-state index in [0.717, 1.165) is 30.5 Å². The molecule has 7 nitrogen and oxygen atoms in total. The highest BCUT2D eigenvalue weighted by atomic mass is 16.2. The zero-order chi connectivity index (χ0) is 19.3. The van der Waals surface area contributed by atoms with Crippen LogP contribution in [0, 0.1) is 0 Å². The van der Waals surface area contributed by atoms with Crippen LogP contribution in [0.4, 0.5) is 0 Å². The highest BCUT2D eigenvalue weighted by Crippen LogP contribution is 2.34. The number of hydrogen-bond donors (Lipinski definition) is 3. The van der Waals surface area contributed by atoms with Crippen molar-refractivity contribution < 1.29 is 9.59 Å². The fraction of sp³-hybridized carbons (Fsp3) is 0.333. The largest absolute Gasteiger partial charge is 0.356 e. The maximum absolute atomic E-state index is 12.4. The van der Waals surface area contributed by atoms with E-state index in [2.05, 4.69) is 37.7 Å². The predicted molar refractivity (Wildman–Crippen MR) is 106 cm³/mol. The SMILES string of the molecule is O=C(CCCNC(=O)c1cnccn1)N[C@H]1CCCc2c1[nH]c1ccccc21. The average Bonchev–Trinajstić information content (AvgIpc) is 3.12. The topological polar surface area (TPSA) is 99.8 Å². The summed E-state index contributed by atoms with van der Waals surface area (Å²) in [4.78, 5) is 35.6. The monoisotopic (exact) mass is 377 g/mol. The van der Waals surface area contributed by atoms with Crippen molar-refractivity contribution in [1.29, 1.82) is 0 Å². The molecule has 2 heterocycles. The van der Waals surface area contributed by atoms with Crippen LogP contribution in [0.2, 0.25) is 0 Å². The smallest absolute Gasteiger partial charge is 0.271 e. The lowest BCUT2D eigenvalue weighted by molar-refractivity contribution is -0.122. The number of hydrogen-bond acceptors (Lipinski definition) is 4. The van der Waals surface area contributed by atoms with E-state index in [4.69, 9.17) is 0 Å². The van der Waals surface area contributed by atoms with E-state index in [-0.39, 0.29) is 23.6 Å². The average molecular weight is 377 g/mol. The van der Waals surface area contributed by atoms with Gasteiger partial charge in [-0.25, -0.2) is 4.98 Å². The van der Waals surface area contributed by atoms with Gasteiger partial charge in [0.25, 0.3) is 5.91 Å². The number of benzene rings is 1. The number of aromatic nitrogens is 3. The molecule has 3 aromatic rings. The minimum atomic E-state index is -0.275. The van der Waals surface area contributed by atoms with Crippen LogP contribution in [0.25, 0.3) is 10.9 Å². The molecule has 0 spiro atoms. The number of amides is 2. The molecular formula is C21H23N5O2. The summed E-state index contributed by atoms with van der Waals surface area (Å²) in [6.07, 6.45) is 8.40. The standard InChI is InChI=1S/C21H23N5O2/c27-19(9-4-10-24-21(28)18-13-22-11-12-23-18)25-17-8-3-6-15-14-5-1-2-7-16(14)26-20(15)17/h1-2,5,7,11-13,17,26H,3-4,6,8-10H2,(H,24,28)(H,25,27)/t17-/m0/s1. The zero-order valence-electron chi connectivity index (χ0n) is 15.6. The third kappa shape index (κ3) is 3.88. The predicted octanol–water partition coefficient (Wildman–Crippen LogP) is 2.66. The van der Waals surface area contributed by atoms with Gasteiger partial charge in [-0.3, -0.25) is 14.6 Å². The Bertz CT molecular complexity index is 983. The number of nitrogens with zero attached hydrogens (tertiary/aromatic N) is 2. The minimum absolute atomic E-state index is 0.00487. The highest BCUT2D eigenvalue weighted by molar-refractivity contribution is 5.91. The van der Waals surface area contributed by atoms with Gasteiger partial charge in [-0.05, 0) is 37.3 Å². The summed E-state index contributed by atoms with van der Waals surface area (Å²) in [5, 5.41) is 7.17. The molecule has 1 aliphatic rings. The van der Waals surface area contributed by atoms with E-state index < -0.39 is 0 Å². The third-order valence-corrected chi connectivity index (χ3v) is 5.11. The molecule has 4 rings (SSSR count). The van der Waals surface area contributed by atoms with Gasteiger partial charge in [0.15, 0.2) is 0 Å². The van der Waals surface area contributed by atoms with E-state index in [1.54, 1.807) is 0 Å². The molecule has 1 atom stereocenters. The molecule has 1 aromatic carbocycles. The molecule has 0 bridgehead atoms. The molecular weight excluding hydrogens is 354 g/mol. The first kappa shape index (κ1) is 18.2. The minimum Gasteiger partial charge on any atom is -0.356 e. The van der Waals surface area contributed by atoms with Crippen LogP contribution in [-0.4, -0.2) is 33.3 Å². The van der Waals surface area contributed by atoms with Crippen LogP contribution in [-0.2, 0) is 11.2 Å². The van der Waals surface area contributed by atoms with E-state index >= 15 is 0 Å². The molecule has 0 fully saturated rings. The number of H-pyrrole nitrogens is 1. The first-order valence-corrected chi connectivity index (χ1v) is 9.65. The van der Waals surface area contributed by atoms with Crippen molar-refractivity contribution in [2.24, 2.45) is 0 Å². The van der Waals surface area contributed by atoms with Crippen LogP contribution >= 0.6 is 0 Å². The van der Waals surface area contributed by atoms with Crippen molar-refractivity contribution in [2.45, 2.75) is 38.1 Å². The number of nitrogens with one attached hydrogen (secondary N) is 3. The lowest BCUT2D eigenvalue weighted by Crippen LogP contribution is -2.32. The maximum Gasteiger partial charge on any atom is 0.271 e. The first-order chi connectivity index (χ1) is 13.7. The second-order valence-electron chi connectivity index (χ2n) is 7.03. The van der Waals surface area contributed by atoms with E-state index in [1.165, 1.54) is 29.5 Å². The summed E-state index contributed by atoms with van der Waals surface area (Å²) >= 11 is 0. The molecule has 28 heavy (non-hydrogen) atoms. The van der Waals surface area contributed by atoms with Crippen LogP contribution in [0.3, 0.4) is 0 Å². The Labute approximate surface area is 163 Å². The van der Waals surface area contributed by atoms with Gasteiger partial charge < -0.3 is 15.6 Å². The van der Waals surface area contributed by atoms with Gasteiger partial charge in [0.05, 0.1) is 12.2 Å². The first-order valence-electron chi connectivity index (χ1n) is 9.65. The molecule has 0 saturated heterocycles. The molecule has 7 heteroatoms. The number of carbonyl (C=O) groups is 2. The highest BCUT2D eigenvalue weighted by Gasteiger charge is 2.25. The number of aromatic amines is 1. The van der Waals surface area contributed by atoms with Crippen LogP contribution in [0.15, 0.2) is 42.9 Å². The van der Waals surface area contributed by atoms with Gasteiger partial charge in [-0.2, -0.15) is 0 Å².